The molecule has 15 nitrogen and oxygen atoms in total. The van der Waals surface area contributed by atoms with Crippen molar-refractivity contribution in [2.75, 3.05) is 12.3 Å². The average Bonchev–Trinajstić information content (AvgIpc) is 3.33. The van der Waals surface area contributed by atoms with Crippen molar-refractivity contribution >= 4 is 59.1 Å². The molecule has 0 saturated carbocycles. The predicted molar refractivity (Wildman–Crippen MR) is 156 cm³/mol. The highest BCUT2D eigenvalue weighted by Gasteiger charge is 2.31. The maximum Gasteiger partial charge on any atom is 0.326 e. The standard InChI is InChI=1S/C25H37N9O6S/c26-15(12-41)21(36)34-19(10-13-11-31-16-5-2-1-4-14(13)16)23(38)32-17(7-8-20(27)35)22(37)33-18(24(39)40)6-3-9-30-25(28)29/h1-2,4-5,11,15,17-19,31,41H,3,6-10,12,26H2,(H2,27,35)(H,32,38)(H,33,37)(H,34,36)(H,39,40)(H4,28,29,30). The van der Waals surface area contributed by atoms with Crippen molar-refractivity contribution in [1.82, 2.24) is 20.9 Å². The van der Waals surface area contributed by atoms with Gasteiger partial charge in [-0.25, -0.2) is 4.79 Å². The minimum atomic E-state index is -1.34. The SMILES string of the molecule is NC(=O)CCC(NC(=O)C(Cc1c[nH]c2ccccc12)NC(=O)C(N)CS)C(=O)NC(CCCN=C(N)N)C(=O)O. The van der Waals surface area contributed by atoms with Crippen LogP contribution in [0.5, 0.6) is 0 Å². The first kappa shape index (κ1) is 32.9. The quantitative estimate of drug-likeness (QED) is 0.0414. The number of fused-ring (bicyclic) bond motifs is 1. The van der Waals surface area contributed by atoms with Gasteiger partial charge in [0.1, 0.15) is 18.1 Å². The number of hydrogen-bond acceptors (Lipinski definition) is 8. The minimum absolute atomic E-state index is 0.00476. The van der Waals surface area contributed by atoms with E-state index in [0.29, 0.717) is 5.56 Å². The first-order valence-corrected chi connectivity index (χ1v) is 13.4. The summed E-state index contributed by atoms with van der Waals surface area (Å²) in [5.41, 5.74) is 23.1. The molecular weight excluding hydrogens is 554 g/mol. The summed E-state index contributed by atoms with van der Waals surface area (Å²) in [6.07, 6.45) is 1.49. The minimum Gasteiger partial charge on any atom is -0.480 e. The normalized spacial score (nSPS) is 13.8. The molecular formula is C25H37N9O6S. The summed E-state index contributed by atoms with van der Waals surface area (Å²) >= 11 is 4.03. The second-order valence-electron chi connectivity index (χ2n) is 9.33. The van der Waals surface area contributed by atoms with Gasteiger partial charge in [0.25, 0.3) is 0 Å². The number of aliphatic carboxylic acids is 1. The highest BCUT2D eigenvalue weighted by molar-refractivity contribution is 7.80. The number of carbonyl (C=O) groups excluding carboxylic acids is 4. The van der Waals surface area contributed by atoms with Crippen molar-refractivity contribution in [1.29, 1.82) is 0 Å². The Kier molecular flexibility index (Phi) is 12.9. The van der Waals surface area contributed by atoms with Crippen molar-refractivity contribution in [3.63, 3.8) is 0 Å². The van der Waals surface area contributed by atoms with E-state index in [-0.39, 0.29) is 50.4 Å². The fourth-order valence-corrected chi connectivity index (χ4v) is 4.12. The van der Waals surface area contributed by atoms with Crippen molar-refractivity contribution in [2.45, 2.75) is 56.3 Å². The molecule has 41 heavy (non-hydrogen) atoms. The zero-order valence-corrected chi connectivity index (χ0v) is 23.2. The molecule has 1 aromatic carbocycles. The molecule has 1 heterocycles. The number of guanidine groups is 1. The molecule has 4 amide bonds. The lowest BCUT2D eigenvalue weighted by molar-refractivity contribution is -0.142. The highest BCUT2D eigenvalue weighted by atomic mass is 32.1. The lowest BCUT2D eigenvalue weighted by Gasteiger charge is -2.25. The summed E-state index contributed by atoms with van der Waals surface area (Å²) < 4.78 is 0. The maximum atomic E-state index is 13.5. The summed E-state index contributed by atoms with van der Waals surface area (Å²) in [5.74, 6) is -4.40. The Bertz CT molecular complexity index is 1260. The first-order valence-electron chi connectivity index (χ1n) is 12.8. The van der Waals surface area contributed by atoms with Crippen LogP contribution < -0.4 is 38.9 Å². The van der Waals surface area contributed by atoms with E-state index in [0.717, 1.165) is 10.9 Å². The van der Waals surface area contributed by atoms with Gasteiger partial charge in [-0.2, -0.15) is 12.6 Å². The van der Waals surface area contributed by atoms with E-state index >= 15 is 0 Å². The summed E-state index contributed by atoms with van der Waals surface area (Å²) in [6.45, 7) is 0.146. The van der Waals surface area contributed by atoms with Gasteiger partial charge >= 0.3 is 5.97 Å². The number of nitrogens with one attached hydrogen (secondary N) is 4. The highest BCUT2D eigenvalue weighted by Crippen LogP contribution is 2.19. The number of amides is 4. The zero-order valence-electron chi connectivity index (χ0n) is 22.3. The molecule has 2 rings (SSSR count). The third kappa shape index (κ3) is 10.6. The molecule has 4 unspecified atom stereocenters. The Morgan fingerprint density at radius 3 is 2.20 bits per heavy atom. The van der Waals surface area contributed by atoms with E-state index in [4.69, 9.17) is 22.9 Å². The number of carbonyl (C=O) groups is 5. The van der Waals surface area contributed by atoms with Gasteiger partial charge in [-0.3, -0.25) is 24.2 Å². The third-order valence-electron chi connectivity index (χ3n) is 6.14. The van der Waals surface area contributed by atoms with Gasteiger partial charge in [0.15, 0.2) is 5.96 Å². The van der Waals surface area contributed by atoms with Crippen LogP contribution >= 0.6 is 12.6 Å². The molecule has 0 fully saturated rings. The van der Waals surface area contributed by atoms with Gasteiger partial charge in [-0.15, -0.1) is 0 Å². The Morgan fingerprint density at radius 2 is 1.56 bits per heavy atom. The number of thiol groups is 1. The van der Waals surface area contributed by atoms with Gasteiger partial charge in [-0.1, -0.05) is 18.2 Å². The fraction of sp³-hybridized carbons (Fsp3) is 0.440. The number of rotatable bonds is 17. The molecule has 0 saturated heterocycles. The van der Waals surface area contributed by atoms with Gasteiger partial charge in [0.2, 0.25) is 23.6 Å². The molecule has 4 atom stereocenters. The molecule has 13 N–H and O–H groups in total. The number of H-pyrrole nitrogens is 1. The smallest absolute Gasteiger partial charge is 0.326 e. The Labute approximate surface area is 241 Å². The lowest BCUT2D eigenvalue weighted by Crippen LogP contribution is -2.57. The summed E-state index contributed by atoms with van der Waals surface area (Å²) in [5, 5.41) is 17.9. The van der Waals surface area contributed by atoms with Gasteiger partial charge in [0.05, 0.1) is 6.04 Å². The van der Waals surface area contributed by atoms with E-state index in [2.05, 4.69) is 38.6 Å². The fourth-order valence-electron chi connectivity index (χ4n) is 3.95. The number of nitrogens with two attached hydrogens (primary N) is 4. The molecule has 0 aliphatic rings. The van der Waals surface area contributed by atoms with E-state index < -0.39 is 53.8 Å². The predicted octanol–water partition coefficient (Wildman–Crippen LogP) is -2.17. The molecule has 2 aromatic rings. The van der Waals surface area contributed by atoms with E-state index in [1.165, 1.54) is 0 Å². The van der Waals surface area contributed by atoms with Crippen LogP contribution in [0.25, 0.3) is 10.9 Å². The van der Waals surface area contributed by atoms with Crippen molar-refractivity contribution in [3.05, 3.63) is 36.0 Å². The van der Waals surface area contributed by atoms with E-state index in [9.17, 15) is 29.1 Å². The van der Waals surface area contributed by atoms with Crippen LogP contribution in [0.3, 0.4) is 0 Å². The number of primary amides is 1. The van der Waals surface area contributed by atoms with Gasteiger partial charge in [-0.05, 0) is 30.9 Å². The van der Waals surface area contributed by atoms with Crippen molar-refractivity contribution < 1.29 is 29.1 Å². The van der Waals surface area contributed by atoms with Gasteiger partial charge < -0.3 is 49.0 Å². The lowest BCUT2D eigenvalue weighted by atomic mass is 10.0. The number of carboxylic acids is 1. The number of aromatic nitrogens is 1. The second kappa shape index (κ2) is 16.1. The molecule has 0 aliphatic heterocycles. The average molecular weight is 592 g/mol. The number of carboxylic acid groups (broad SMARTS) is 1. The number of nitrogens with zero attached hydrogens (tertiary/aromatic N) is 1. The molecule has 16 heteroatoms. The maximum absolute atomic E-state index is 13.5. The van der Waals surface area contributed by atoms with Crippen LogP contribution in [0.2, 0.25) is 0 Å². The van der Waals surface area contributed by atoms with E-state index in [1.54, 1.807) is 6.20 Å². The Morgan fingerprint density at radius 1 is 0.927 bits per heavy atom. The monoisotopic (exact) mass is 591 g/mol. The molecule has 0 radical (unpaired) electrons. The molecule has 0 aliphatic carbocycles. The number of aliphatic imine (C=N–C) groups is 1. The number of aromatic amines is 1. The Balaban J connectivity index is 2.25. The molecule has 1 aromatic heterocycles. The second-order valence-corrected chi connectivity index (χ2v) is 9.69. The number of para-hydroxylation sites is 1. The number of hydrogen-bond donors (Lipinski definition) is 10. The molecule has 0 spiro atoms. The number of benzene rings is 1. The van der Waals surface area contributed by atoms with E-state index in [1.807, 2.05) is 24.3 Å². The molecule has 0 bridgehead atoms. The largest absolute Gasteiger partial charge is 0.480 e. The topological polar surface area (TPSA) is 274 Å². The van der Waals surface area contributed by atoms with Crippen molar-refractivity contribution in [3.8, 4) is 0 Å². The summed E-state index contributed by atoms with van der Waals surface area (Å²) in [7, 11) is 0. The van der Waals surface area contributed by atoms with Crippen LogP contribution in [0.15, 0.2) is 35.5 Å². The Hall–Kier alpha value is -4.31. The zero-order chi connectivity index (χ0) is 30.5. The van der Waals surface area contributed by atoms with Crippen LogP contribution in [-0.2, 0) is 30.4 Å². The summed E-state index contributed by atoms with van der Waals surface area (Å²) in [4.78, 5) is 69.3. The van der Waals surface area contributed by atoms with Crippen LogP contribution in [0.1, 0.15) is 31.2 Å². The van der Waals surface area contributed by atoms with Crippen LogP contribution in [0.4, 0.5) is 0 Å². The third-order valence-corrected chi connectivity index (χ3v) is 6.53. The van der Waals surface area contributed by atoms with Crippen molar-refractivity contribution in [2.24, 2.45) is 27.9 Å². The van der Waals surface area contributed by atoms with Crippen LogP contribution in [-0.4, -0.2) is 82.1 Å². The summed E-state index contributed by atoms with van der Waals surface area (Å²) in [6, 6.07) is 2.53. The first-order chi connectivity index (χ1) is 19.4. The van der Waals surface area contributed by atoms with Gasteiger partial charge in [0, 0.05) is 42.2 Å². The molecule has 224 valence electrons. The van der Waals surface area contributed by atoms with Crippen LogP contribution in [0, 0.1) is 0 Å².